The predicted octanol–water partition coefficient (Wildman–Crippen LogP) is 3.32. The van der Waals surface area contributed by atoms with Gasteiger partial charge in [-0.25, -0.2) is 8.78 Å². The molecule has 0 saturated heterocycles. The maximum absolute atomic E-state index is 13.6. The van der Waals surface area contributed by atoms with Crippen molar-refractivity contribution in [1.82, 2.24) is 0 Å². The Morgan fingerprint density at radius 1 is 1.27 bits per heavy atom. The molecule has 1 nitrogen and oxygen atoms in total. The van der Waals surface area contributed by atoms with Crippen molar-refractivity contribution in [3.8, 4) is 0 Å². The fourth-order valence-electron chi connectivity index (χ4n) is 1.48. The lowest BCUT2D eigenvalue weighted by atomic mass is 9.92. The van der Waals surface area contributed by atoms with E-state index in [-0.39, 0.29) is 11.5 Å². The fraction of sp³-hybridized carbons (Fsp3) is 0.500. The lowest BCUT2D eigenvalue weighted by molar-refractivity contribution is 0.422. The molecule has 0 saturated carbocycles. The minimum Gasteiger partial charge on any atom is -0.324 e. The van der Waals surface area contributed by atoms with Crippen LogP contribution >= 0.6 is 0 Å². The molecule has 0 bridgehead atoms. The summed E-state index contributed by atoms with van der Waals surface area (Å²) in [5, 5.41) is 0. The molecule has 0 aliphatic rings. The number of hydrogen-bond acceptors (Lipinski definition) is 1. The predicted molar refractivity (Wildman–Crippen MR) is 57.5 cm³/mol. The largest absolute Gasteiger partial charge is 0.324 e. The zero-order valence-electron chi connectivity index (χ0n) is 9.35. The van der Waals surface area contributed by atoms with Crippen LogP contribution in [0.25, 0.3) is 0 Å². The first kappa shape index (κ1) is 12.1. The summed E-state index contributed by atoms with van der Waals surface area (Å²) in [5.41, 5.74) is 6.45. The molecule has 0 aliphatic carbocycles. The van der Waals surface area contributed by atoms with Crippen LogP contribution in [0.15, 0.2) is 12.1 Å². The molecule has 84 valence electrons. The third kappa shape index (κ3) is 2.34. The molecule has 0 radical (unpaired) electrons. The average Bonchev–Trinajstić information content (AvgIpc) is 2.24. The van der Waals surface area contributed by atoms with Gasteiger partial charge >= 0.3 is 0 Å². The molecule has 0 fully saturated rings. The highest BCUT2D eigenvalue weighted by molar-refractivity contribution is 5.28. The lowest BCUT2D eigenvalue weighted by Crippen LogP contribution is -2.20. The first-order valence-corrected chi connectivity index (χ1v) is 5.19. The monoisotopic (exact) mass is 213 g/mol. The molecular weight excluding hydrogens is 196 g/mol. The smallest absolute Gasteiger partial charge is 0.163 e. The summed E-state index contributed by atoms with van der Waals surface area (Å²) in [5.74, 6) is -1.45. The van der Waals surface area contributed by atoms with Crippen molar-refractivity contribution in [2.24, 2.45) is 11.7 Å². The molecule has 1 aromatic rings. The minimum atomic E-state index is -0.803. The van der Waals surface area contributed by atoms with Crippen molar-refractivity contribution in [1.29, 1.82) is 0 Å². The van der Waals surface area contributed by atoms with E-state index in [4.69, 9.17) is 5.73 Å². The summed E-state index contributed by atoms with van der Waals surface area (Å²) < 4.78 is 26.8. The molecule has 3 heteroatoms. The Morgan fingerprint density at radius 3 is 2.40 bits per heavy atom. The van der Waals surface area contributed by atoms with Crippen molar-refractivity contribution < 1.29 is 8.78 Å². The number of rotatable bonds is 3. The van der Waals surface area contributed by atoms with Gasteiger partial charge in [0.15, 0.2) is 11.6 Å². The highest BCUT2D eigenvalue weighted by Gasteiger charge is 2.20. The summed E-state index contributed by atoms with van der Waals surface area (Å²) in [4.78, 5) is 0. The number of benzene rings is 1. The molecule has 1 rings (SSSR count). The van der Waals surface area contributed by atoms with Crippen LogP contribution < -0.4 is 5.73 Å². The molecular formula is C12H17F2N. The first-order chi connectivity index (χ1) is 6.99. The van der Waals surface area contributed by atoms with E-state index in [1.807, 2.05) is 13.8 Å². The number of hydrogen-bond donors (Lipinski definition) is 1. The van der Waals surface area contributed by atoms with Gasteiger partial charge in [-0.1, -0.05) is 32.4 Å². The quantitative estimate of drug-likeness (QED) is 0.819. The minimum absolute atomic E-state index is 0.140. The Kier molecular flexibility index (Phi) is 3.80. The van der Waals surface area contributed by atoms with E-state index in [0.717, 1.165) is 6.42 Å². The second-order valence-electron chi connectivity index (χ2n) is 4.01. The average molecular weight is 213 g/mol. The fourth-order valence-corrected chi connectivity index (χ4v) is 1.48. The molecule has 0 spiro atoms. The molecule has 2 atom stereocenters. The van der Waals surface area contributed by atoms with Crippen LogP contribution in [-0.4, -0.2) is 0 Å². The maximum Gasteiger partial charge on any atom is 0.163 e. The first-order valence-electron chi connectivity index (χ1n) is 5.19. The molecule has 0 heterocycles. The van der Waals surface area contributed by atoms with E-state index in [9.17, 15) is 8.78 Å². The highest BCUT2D eigenvalue weighted by atomic mass is 19.2. The van der Waals surface area contributed by atoms with Crippen LogP contribution in [-0.2, 0) is 0 Å². The van der Waals surface area contributed by atoms with Gasteiger partial charge in [-0.05, 0) is 18.4 Å². The molecule has 2 unspecified atom stereocenters. The Balaban J connectivity index is 3.10. The van der Waals surface area contributed by atoms with Crippen molar-refractivity contribution in [3.05, 3.63) is 34.9 Å². The summed E-state index contributed by atoms with van der Waals surface area (Å²) in [6.07, 6.45) is 0.843. The summed E-state index contributed by atoms with van der Waals surface area (Å²) >= 11 is 0. The van der Waals surface area contributed by atoms with E-state index in [1.54, 1.807) is 12.1 Å². The maximum atomic E-state index is 13.6. The van der Waals surface area contributed by atoms with Crippen molar-refractivity contribution in [2.45, 2.75) is 33.2 Å². The van der Waals surface area contributed by atoms with Crippen LogP contribution in [0.4, 0.5) is 8.78 Å². The Hall–Kier alpha value is -0.960. The van der Waals surface area contributed by atoms with Gasteiger partial charge in [-0.15, -0.1) is 0 Å². The van der Waals surface area contributed by atoms with E-state index in [0.29, 0.717) is 5.56 Å². The molecule has 0 amide bonds. The van der Waals surface area contributed by atoms with Gasteiger partial charge in [0.05, 0.1) is 0 Å². The second-order valence-corrected chi connectivity index (χ2v) is 4.01. The third-order valence-corrected chi connectivity index (χ3v) is 2.92. The van der Waals surface area contributed by atoms with Gasteiger partial charge in [0.2, 0.25) is 0 Å². The lowest BCUT2D eigenvalue weighted by Gasteiger charge is -2.19. The Bertz CT molecular complexity index is 350. The van der Waals surface area contributed by atoms with Gasteiger partial charge in [-0.3, -0.25) is 0 Å². The van der Waals surface area contributed by atoms with Crippen LogP contribution in [0.1, 0.15) is 37.4 Å². The topological polar surface area (TPSA) is 26.0 Å². The molecule has 0 aromatic heterocycles. The van der Waals surface area contributed by atoms with Crippen molar-refractivity contribution in [2.75, 3.05) is 0 Å². The van der Waals surface area contributed by atoms with E-state index < -0.39 is 17.7 Å². The Morgan fingerprint density at radius 2 is 1.87 bits per heavy atom. The molecule has 1 aromatic carbocycles. The van der Waals surface area contributed by atoms with Crippen LogP contribution in [0.5, 0.6) is 0 Å². The number of nitrogens with two attached hydrogens (primary N) is 1. The van der Waals surface area contributed by atoms with Crippen LogP contribution in [0.3, 0.4) is 0 Å². The van der Waals surface area contributed by atoms with Gasteiger partial charge in [0, 0.05) is 11.6 Å². The van der Waals surface area contributed by atoms with Crippen molar-refractivity contribution in [3.63, 3.8) is 0 Å². The van der Waals surface area contributed by atoms with Gasteiger partial charge in [0.25, 0.3) is 0 Å². The van der Waals surface area contributed by atoms with Crippen LogP contribution in [0, 0.1) is 24.5 Å². The number of halogens is 2. The molecule has 15 heavy (non-hydrogen) atoms. The van der Waals surface area contributed by atoms with E-state index in [1.165, 1.54) is 6.92 Å². The van der Waals surface area contributed by atoms with Crippen molar-refractivity contribution >= 4 is 0 Å². The standard InChI is InChI=1S/C12H17F2N/c1-4-7(2)12(15)9-6-5-8(3)10(13)11(9)14/h5-7,12H,4,15H2,1-3H3. The van der Waals surface area contributed by atoms with Gasteiger partial charge in [-0.2, -0.15) is 0 Å². The van der Waals surface area contributed by atoms with E-state index in [2.05, 4.69) is 0 Å². The normalized spacial score (nSPS) is 15.1. The third-order valence-electron chi connectivity index (χ3n) is 2.92. The van der Waals surface area contributed by atoms with Gasteiger partial charge in [0.1, 0.15) is 0 Å². The SMILES string of the molecule is CCC(C)C(N)c1ccc(C)c(F)c1F. The Labute approximate surface area is 89.3 Å². The summed E-state index contributed by atoms with van der Waals surface area (Å²) in [6.45, 7) is 5.45. The zero-order valence-corrected chi connectivity index (χ0v) is 9.35. The second kappa shape index (κ2) is 4.71. The van der Waals surface area contributed by atoms with Gasteiger partial charge < -0.3 is 5.73 Å². The summed E-state index contributed by atoms with van der Waals surface area (Å²) in [7, 11) is 0. The molecule has 0 aliphatic heterocycles. The molecule has 2 N–H and O–H groups in total. The summed E-state index contributed by atoms with van der Waals surface area (Å²) in [6, 6.07) is 2.70. The zero-order chi connectivity index (χ0) is 11.6. The number of aryl methyl sites for hydroxylation is 1. The van der Waals surface area contributed by atoms with Crippen LogP contribution in [0.2, 0.25) is 0 Å². The highest BCUT2D eigenvalue weighted by Crippen LogP contribution is 2.26. The van der Waals surface area contributed by atoms with E-state index >= 15 is 0 Å².